The quantitative estimate of drug-likeness (QED) is 0.680. The zero-order valence-electron chi connectivity index (χ0n) is 11.4. The molecule has 0 saturated heterocycles. The van der Waals surface area contributed by atoms with Crippen LogP contribution in [0.15, 0.2) is 48.5 Å². The summed E-state index contributed by atoms with van der Waals surface area (Å²) in [5, 5.41) is 0. The van der Waals surface area contributed by atoms with Gasteiger partial charge < -0.3 is 10.6 Å². The average Bonchev–Trinajstić information content (AvgIpc) is 2.88. The second-order valence-corrected chi connectivity index (χ2v) is 5.02. The maximum atomic E-state index is 13.3. The van der Waals surface area contributed by atoms with Gasteiger partial charge in [-0.25, -0.2) is 4.39 Å². The molecule has 1 heterocycles. The number of rotatable bonds is 2. The summed E-state index contributed by atoms with van der Waals surface area (Å²) in [7, 11) is 0. The van der Waals surface area contributed by atoms with Gasteiger partial charge >= 0.3 is 0 Å². The Bertz CT molecular complexity index is 724. The number of halogens is 1. The molecule has 0 unspecified atom stereocenters. The van der Waals surface area contributed by atoms with Gasteiger partial charge in [-0.1, -0.05) is 18.2 Å². The molecule has 1 aliphatic rings. The van der Waals surface area contributed by atoms with E-state index in [0.717, 1.165) is 17.5 Å². The van der Waals surface area contributed by atoms with E-state index in [1.165, 1.54) is 18.2 Å². The van der Waals surface area contributed by atoms with Crippen LogP contribution in [-0.2, 0) is 11.2 Å². The van der Waals surface area contributed by atoms with Gasteiger partial charge in [-0.05, 0) is 47.9 Å². The zero-order chi connectivity index (χ0) is 14.8. The van der Waals surface area contributed by atoms with Gasteiger partial charge in [0.2, 0.25) is 0 Å². The highest BCUT2D eigenvalue weighted by molar-refractivity contribution is 6.05. The van der Waals surface area contributed by atoms with Crippen molar-refractivity contribution in [2.45, 2.75) is 6.42 Å². The summed E-state index contributed by atoms with van der Waals surface area (Å²) in [4.78, 5) is 13.9. The standard InChI is InChI=1S/C17H15FN2O/c18-14-6-5-13-8-9-20(16(13)11-14)17(21)7-4-12-2-1-3-15(19)10-12/h1-7,10-11H,8-9,19H2/b7-4+. The van der Waals surface area contributed by atoms with E-state index in [9.17, 15) is 9.18 Å². The fraction of sp³-hybridized carbons (Fsp3) is 0.118. The Hall–Kier alpha value is -2.62. The third-order valence-corrected chi connectivity index (χ3v) is 3.54. The number of benzene rings is 2. The Balaban J connectivity index is 1.80. The van der Waals surface area contributed by atoms with Crippen molar-refractivity contribution in [3.63, 3.8) is 0 Å². The molecule has 106 valence electrons. The second kappa shape index (κ2) is 5.40. The number of hydrogen-bond donors (Lipinski definition) is 1. The molecule has 0 saturated carbocycles. The minimum Gasteiger partial charge on any atom is -0.399 e. The molecule has 0 aromatic heterocycles. The lowest BCUT2D eigenvalue weighted by atomic mass is 10.1. The van der Waals surface area contributed by atoms with Crippen LogP contribution in [0.1, 0.15) is 11.1 Å². The summed E-state index contributed by atoms with van der Waals surface area (Å²) in [6.07, 6.45) is 3.97. The van der Waals surface area contributed by atoms with Gasteiger partial charge in [-0.3, -0.25) is 4.79 Å². The van der Waals surface area contributed by atoms with E-state index >= 15 is 0 Å². The lowest BCUT2D eigenvalue weighted by Gasteiger charge is -2.15. The van der Waals surface area contributed by atoms with Gasteiger partial charge in [-0.2, -0.15) is 0 Å². The molecule has 0 spiro atoms. The van der Waals surface area contributed by atoms with Gasteiger partial charge in [0, 0.05) is 18.3 Å². The predicted molar refractivity (Wildman–Crippen MR) is 82.3 cm³/mol. The first kappa shape index (κ1) is 13.4. The van der Waals surface area contributed by atoms with E-state index < -0.39 is 0 Å². The lowest BCUT2D eigenvalue weighted by Crippen LogP contribution is -2.26. The number of hydrogen-bond acceptors (Lipinski definition) is 2. The molecule has 21 heavy (non-hydrogen) atoms. The Morgan fingerprint density at radius 2 is 2.10 bits per heavy atom. The molecule has 1 aliphatic heterocycles. The minimum absolute atomic E-state index is 0.151. The van der Waals surface area contributed by atoms with Crippen molar-refractivity contribution in [3.8, 4) is 0 Å². The highest BCUT2D eigenvalue weighted by Gasteiger charge is 2.23. The van der Waals surface area contributed by atoms with Gasteiger partial charge in [0.05, 0.1) is 5.69 Å². The number of fused-ring (bicyclic) bond motifs is 1. The molecule has 4 heteroatoms. The van der Waals surface area contributed by atoms with Crippen LogP contribution in [0.4, 0.5) is 15.8 Å². The monoisotopic (exact) mass is 282 g/mol. The Morgan fingerprint density at radius 1 is 1.24 bits per heavy atom. The molecule has 1 amide bonds. The molecule has 0 radical (unpaired) electrons. The fourth-order valence-electron chi connectivity index (χ4n) is 2.50. The highest BCUT2D eigenvalue weighted by atomic mass is 19.1. The SMILES string of the molecule is Nc1cccc(/C=C/C(=O)N2CCc3ccc(F)cc32)c1. The fourth-order valence-corrected chi connectivity index (χ4v) is 2.50. The maximum Gasteiger partial charge on any atom is 0.251 e. The minimum atomic E-state index is -0.326. The largest absolute Gasteiger partial charge is 0.399 e. The smallest absolute Gasteiger partial charge is 0.251 e. The van der Waals surface area contributed by atoms with Crippen LogP contribution in [0.5, 0.6) is 0 Å². The third-order valence-electron chi connectivity index (χ3n) is 3.54. The van der Waals surface area contributed by atoms with Crippen LogP contribution in [0, 0.1) is 5.82 Å². The van der Waals surface area contributed by atoms with Crippen molar-refractivity contribution < 1.29 is 9.18 Å². The molecule has 2 N–H and O–H groups in total. The Labute approximate surface area is 122 Å². The summed E-state index contributed by atoms with van der Waals surface area (Å²) in [5.41, 5.74) is 8.88. The Kier molecular flexibility index (Phi) is 3.44. The molecule has 2 aromatic rings. The first-order valence-electron chi connectivity index (χ1n) is 6.77. The van der Waals surface area contributed by atoms with Crippen LogP contribution >= 0.6 is 0 Å². The van der Waals surface area contributed by atoms with E-state index in [1.54, 1.807) is 29.2 Å². The average molecular weight is 282 g/mol. The second-order valence-electron chi connectivity index (χ2n) is 5.02. The molecular formula is C17H15FN2O. The number of amides is 1. The van der Waals surface area contributed by atoms with Gasteiger partial charge in [-0.15, -0.1) is 0 Å². The molecule has 3 rings (SSSR count). The number of nitrogen functional groups attached to an aromatic ring is 1. The molecule has 0 aliphatic carbocycles. The van der Waals surface area contributed by atoms with Crippen molar-refractivity contribution in [3.05, 3.63) is 65.5 Å². The molecule has 0 bridgehead atoms. The van der Waals surface area contributed by atoms with Crippen LogP contribution in [0.3, 0.4) is 0 Å². The van der Waals surface area contributed by atoms with E-state index in [1.807, 2.05) is 12.1 Å². The van der Waals surface area contributed by atoms with Crippen molar-refractivity contribution in [2.24, 2.45) is 0 Å². The summed E-state index contributed by atoms with van der Waals surface area (Å²) in [5.74, 6) is -0.477. The number of anilines is 2. The van der Waals surface area contributed by atoms with Crippen LogP contribution in [0.25, 0.3) is 6.08 Å². The molecule has 0 atom stereocenters. The van der Waals surface area contributed by atoms with Gasteiger partial charge in [0.25, 0.3) is 5.91 Å². The topological polar surface area (TPSA) is 46.3 Å². The van der Waals surface area contributed by atoms with Crippen molar-refractivity contribution in [1.29, 1.82) is 0 Å². The molecule has 2 aromatic carbocycles. The first-order chi connectivity index (χ1) is 10.1. The number of carbonyl (C=O) groups is 1. The van der Waals surface area contributed by atoms with Crippen LogP contribution in [0.2, 0.25) is 0 Å². The normalized spacial score (nSPS) is 13.7. The predicted octanol–water partition coefficient (Wildman–Crippen LogP) is 3.01. The summed E-state index contributed by atoms with van der Waals surface area (Å²) >= 11 is 0. The maximum absolute atomic E-state index is 13.3. The van der Waals surface area contributed by atoms with Gasteiger partial charge in [0.1, 0.15) is 5.82 Å². The first-order valence-corrected chi connectivity index (χ1v) is 6.77. The van der Waals surface area contributed by atoms with E-state index in [2.05, 4.69) is 0 Å². The Morgan fingerprint density at radius 3 is 2.90 bits per heavy atom. The van der Waals surface area contributed by atoms with Crippen LogP contribution < -0.4 is 10.6 Å². The van der Waals surface area contributed by atoms with E-state index in [0.29, 0.717) is 17.9 Å². The van der Waals surface area contributed by atoms with Crippen molar-refractivity contribution in [2.75, 3.05) is 17.2 Å². The molecule has 0 fully saturated rings. The highest BCUT2D eigenvalue weighted by Crippen LogP contribution is 2.28. The molecule has 3 nitrogen and oxygen atoms in total. The van der Waals surface area contributed by atoms with E-state index in [-0.39, 0.29) is 11.7 Å². The van der Waals surface area contributed by atoms with Crippen LogP contribution in [-0.4, -0.2) is 12.5 Å². The lowest BCUT2D eigenvalue weighted by molar-refractivity contribution is -0.114. The summed E-state index contributed by atoms with van der Waals surface area (Å²) in [6, 6.07) is 11.9. The molecular weight excluding hydrogens is 267 g/mol. The van der Waals surface area contributed by atoms with Gasteiger partial charge in [0.15, 0.2) is 0 Å². The zero-order valence-corrected chi connectivity index (χ0v) is 11.4. The number of carbonyl (C=O) groups excluding carboxylic acids is 1. The van der Waals surface area contributed by atoms with Crippen molar-refractivity contribution in [1.82, 2.24) is 0 Å². The number of nitrogens with two attached hydrogens (primary N) is 1. The van der Waals surface area contributed by atoms with Crippen molar-refractivity contribution >= 4 is 23.4 Å². The summed E-state index contributed by atoms with van der Waals surface area (Å²) in [6.45, 7) is 0.582. The number of nitrogens with zero attached hydrogens (tertiary/aromatic N) is 1. The third kappa shape index (κ3) is 2.79. The summed E-state index contributed by atoms with van der Waals surface area (Å²) < 4.78 is 13.3. The van der Waals surface area contributed by atoms with E-state index in [4.69, 9.17) is 5.73 Å².